The van der Waals surface area contributed by atoms with Gasteiger partial charge in [-0.3, -0.25) is 4.79 Å². The average Bonchev–Trinajstić information content (AvgIpc) is 3.18. The fraction of sp³-hybridized carbons (Fsp3) is 0.375. The van der Waals surface area contributed by atoms with E-state index in [1.807, 2.05) is 43.1 Å². The SMILES string of the molecule is Cc1nc(-c2ccco2)ccc1C(=O)N(C)C1CCNC1. The quantitative estimate of drug-likeness (QED) is 0.938. The van der Waals surface area contributed by atoms with Gasteiger partial charge in [-0.15, -0.1) is 0 Å². The molecule has 1 N–H and O–H groups in total. The molecule has 1 fully saturated rings. The van der Waals surface area contributed by atoms with E-state index < -0.39 is 0 Å². The van der Waals surface area contributed by atoms with Gasteiger partial charge in [0.25, 0.3) is 5.91 Å². The molecule has 1 aliphatic heterocycles. The number of pyridine rings is 1. The Morgan fingerprint density at radius 3 is 2.90 bits per heavy atom. The Balaban J connectivity index is 1.83. The molecule has 1 aliphatic rings. The first-order valence-corrected chi connectivity index (χ1v) is 7.16. The zero-order valence-corrected chi connectivity index (χ0v) is 12.3. The van der Waals surface area contributed by atoms with Crippen LogP contribution >= 0.6 is 0 Å². The molecule has 1 saturated heterocycles. The van der Waals surface area contributed by atoms with E-state index >= 15 is 0 Å². The van der Waals surface area contributed by atoms with Gasteiger partial charge in [0.2, 0.25) is 0 Å². The number of carbonyl (C=O) groups excluding carboxylic acids is 1. The molecule has 0 aromatic carbocycles. The summed E-state index contributed by atoms with van der Waals surface area (Å²) in [5, 5.41) is 3.28. The molecule has 0 radical (unpaired) electrons. The molecule has 0 bridgehead atoms. The molecular formula is C16H19N3O2. The minimum absolute atomic E-state index is 0.0275. The summed E-state index contributed by atoms with van der Waals surface area (Å²) in [5.41, 5.74) is 2.13. The molecule has 0 spiro atoms. The van der Waals surface area contributed by atoms with E-state index in [2.05, 4.69) is 10.3 Å². The van der Waals surface area contributed by atoms with Gasteiger partial charge < -0.3 is 14.6 Å². The summed E-state index contributed by atoms with van der Waals surface area (Å²) in [7, 11) is 1.86. The number of aromatic nitrogens is 1. The standard InChI is InChI=1S/C16H19N3O2/c1-11-13(16(20)19(2)12-7-8-17-10-12)5-6-14(18-11)15-4-3-9-21-15/h3-6,9,12,17H,7-8,10H2,1-2H3. The molecule has 5 heteroatoms. The van der Waals surface area contributed by atoms with Crippen molar-refractivity contribution < 1.29 is 9.21 Å². The van der Waals surface area contributed by atoms with Crippen LogP contribution in [-0.4, -0.2) is 42.0 Å². The van der Waals surface area contributed by atoms with Crippen molar-refractivity contribution in [3.8, 4) is 11.5 Å². The minimum atomic E-state index is 0.0275. The second-order valence-electron chi connectivity index (χ2n) is 5.37. The molecule has 3 heterocycles. The lowest BCUT2D eigenvalue weighted by molar-refractivity contribution is 0.0742. The molecule has 110 valence electrons. The van der Waals surface area contributed by atoms with Gasteiger partial charge in [-0.1, -0.05) is 0 Å². The van der Waals surface area contributed by atoms with E-state index in [9.17, 15) is 4.79 Å². The van der Waals surface area contributed by atoms with Crippen LogP contribution in [0.15, 0.2) is 34.9 Å². The first-order valence-electron chi connectivity index (χ1n) is 7.16. The van der Waals surface area contributed by atoms with E-state index in [-0.39, 0.29) is 11.9 Å². The number of carbonyl (C=O) groups is 1. The van der Waals surface area contributed by atoms with Gasteiger partial charge in [-0.05, 0) is 44.2 Å². The van der Waals surface area contributed by atoms with E-state index in [4.69, 9.17) is 4.42 Å². The lowest BCUT2D eigenvalue weighted by Crippen LogP contribution is -2.38. The average molecular weight is 285 g/mol. The Labute approximate surface area is 124 Å². The van der Waals surface area contributed by atoms with Gasteiger partial charge in [-0.2, -0.15) is 0 Å². The molecule has 5 nitrogen and oxygen atoms in total. The maximum Gasteiger partial charge on any atom is 0.255 e. The molecular weight excluding hydrogens is 266 g/mol. The first-order chi connectivity index (χ1) is 10.2. The Hall–Kier alpha value is -2.14. The number of hydrogen-bond donors (Lipinski definition) is 1. The number of nitrogens with one attached hydrogen (secondary N) is 1. The Morgan fingerprint density at radius 2 is 2.29 bits per heavy atom. The predicted octanol–water partition coefficient (Wildman–Crippen LogP) is 2.08. The number of amides is 1. The zero-order chi connectivity index (χ0) is 14.8. The second kappa shape index (κ2) is 5.69. The highest BCUT2D eigenvalue weighted by atomic mass is 16.3. The van der Waals surface area contributed by atoms with E-state index in [1.165, 1.54) is 0 Å². The number of nitrogens with zero attached hydrogens (tertiary/aromatic N) is 2. The van der Waals surface area contributed by atoms with E-state index in [0.29, 0.717) is 11.3 Å². The molecule has 1 amide bonds. The van der Waals surface area contributed by atoms with Crippen LogP contribution in [0.25, 0.3) is 11.5 Å². The highest BCUT2D eigenvalue weighted by molar-refractivity contribution is 5.95. The molecule has 21 heavy (non-hydrogen) atoms. The lowest BCUT2D eigenvalue weighted by Gasteiger charge is -2.24. The largest absolute Gasteiger partial charge is 0.463 e. The molecule has 2 aromatic rings. The van der Waals surface area contributed by atoms with Crippen molar-refractivity contribution in [3.05, 3.63) is 41.8 Å². The number of hydrogen-bond acceptors (Lipinski definition) is 4. The molecule has 2 aromatic heterocycles. The van der Waals surface area contributed by atoms with Crippen LogP contribution in [0.4, 0.5) is 0 Å². The summed E-state index contributed by atoms with van der Waals surface area (Å²) in [4.78, 5) is 18.9. The van der Waals surface area contributed by atoms with Crippen molar-refractivity contribution >= 4 is 5.91 Å². The molecule has 0 saturated carbocycles. The number of likely N-dealkylation sites (N-methyl/N-ethyl adjacent to an activating group) is 1. The van der Waals surface area contributed by atoms with Crippen LogP contribution in [0.3, 0.4) is 0 Å². The summed E-state index contributed by atoms with van der Waals surface area (Å²) >= 11 is 0. The maximum atomic E-state index is 12.6. The van der Waals surface area contributed by atoms with Crippen LogP contribution < -0.4 is 5.32 Å². The number of rotatable bonds is 3. The highest BCUT2D eigenvalue weighted by Crippen LogP contribution is 2.20. The fourth-order valence-electron chi connectivity index (χ4n) is 2.67. The molecule has 1 unspecified atom stereocenters. The van der Waals surface area contributed by atoms with Crippen LogP contribution in [0, 0.1) is 6.92 Å². The van der Waals surface area contributed by atoms with Crippen molar-refractivity contribution in [1.82, 2.24) is 15.2 Å². The van der Waals surface area contributed by atoms with E-state index in [1.54, 1.807) is 6.26 Å². The van der Waals surface area contributed by atoms with Crippen LogP contribution in [0.5, 0.6) is 0 Å². The zero-order valence-electron chi connectivity index (χ0n) is 12.3. The van der Waals surface area contributed by atoms with Gasteiger partial charge in [0.15, 0.2) is 5.76 Å². The fourth-order valence-corrected chi connectivity index (χ4v) is 2.67. The molecule has 1 atom stereocenters. The third-order valence-electron chi connectivity index (χ3n) is 3.99. The summed E-state index contributed by atoms with van der Waals surface area (Å²) in [6, 6.07) is 7.62. The Bertz CT molecular complexity index is 631. The van der Waals surface area contributed by atoms with Gasteiger partial charge in [-0.25, -0.2) is 4.98 Å². The van der Waals surface area contributed by atoms with Crippen molar-refractivity contribution in [2.75, 3.05) is 20.1 Å². The summed E-state index contributed by atoms with van der Waals surface area (Å²) in [6.45, 7) is 3.69. The van der Waals surface area contributed by atoms with Crippen LogP contribution in [0.2, 0.25) is 0 Å². The smallest absolute Gasteiger partial charge is 0.255 e. The topological polar surface area (TPSA) is 58.4 Å². The summed E-state index contributed by atoms with van der Waals surface area (Å²) in [6.07, 6.45) is 2.62. The monoisotopic (exact) mass is 285 g/mol. The van der Waals surface area contributed by atoms with Gasteiger partial charge in [0.1, 0.15) is 5.69 Å². The predicted molar refractivity (Wildman–Crippen MR) is 80.0 cm³/mol. The number of aryl methyl sites for hydroxylation is 1. The van der Waals surface area contributed by atoms with Gasteiger partial charge >= 0.3 is 0 Å². The third kappa shape index (κ3) is 2.69. The highest BCUT2D eigenvalue weighted by Gasteiger charge is 2.25. The van der Waals surface area contributed by atoms with Crippen LogP contribution in [-0.2, 0) is 0 Å². The Kier molecular flexibility index (Phi) is 3.75. The molecule has 3 rings (SSSR count). The minimum Gasteiger partial charge on any atom is -0.463 e. The van der Waals surface area contributed by atoms with E-state index in [0.717, 1.165) is 30.9 Å². The lowest BCUT2D eigenvalue weighted by atomic mass is 10.1. The number of furan rings is 1. The normalized spacial score (nSPS) is 17.9. The first kappa shape index (κ1) is 13.8. The second-order valence-corrected chi connectivity index (χ2v) is 5.37. The van der Waals surface area contributed by atoms with Gasteiger partial charge in [0.05, 0.1) is 17.5 Å². The molecule has 0 aliphatic carbocycles. The van der Waals surface area contributed by atoms with Crippen molar-refractivity contribution in [2.45, 2.75) is 19.4 Å². The van der Waals surface area contributed by atoms with Crippen molar-refractivity contribution in [2.24, 2.45) is 0 Å². The summed E-state index contributed by atoms with van der Waals surface area (Å²) < 4.78 is 5.34. The summed E-state index contributed by atoms with van der Waals surface area (Å²) in [5.74, 6) is 0.741. The maximum absolute atomic E-state index is 12.6. The Morgan fingerprint density at radius 1 is 1.43 bits per heavy atom. The van der Waals surface area contributed by atoms with Crippen molar-refractivity contribution in [1.29, 1.82) is 0 Å². The van der Waals surface area contributed by atoms with Crippen molar-refractivity contribution in [3.63, 3.8) is 0 Å². The third-order valence-corrected chi connectivity index (χ3v) is 3.99. The van der Waals surface area contributed by atoms with Gasteiger partial charge in [0, 0.05) is 19.6 Å². The van der Waals surface area contributed by atoms with Crippen LogP contribution in [0.1, 0.15) is 22.5 Å².